The van der Waals surface area contributed by atoms with Crippen LogP contribution in [0.2, 0.25) is 0 Å². The molecule has 3 aromatic rings. The van der Waals surface area contributed by atoms with Gasteiger partial charge >= 0.3 is 6.09 Å². The number of amides is 3. The lowest BCUT2D eigenvalue weighted by atomic mass is 10.1. The summed E-state index contributed by atoms with van der Waals surface area (Å²) >= 11 is 0. The predicted molar refractivity (Wildman–Crippen MR) is 147 cm³/mol. The van der Waals surface area contributed by atoms with Gasteiger partial charge in [0.05, 0.1) is 22.6 Å². The lowest BCUT2D eigenvalue weighted by Crippen LogP contribution is -2.51. The SMILES string of the molecule is CC(=O)N1/C(=C\c2ccc3cc(C(=O)N4CCN(C(=O)OC(C)(C)C)CC4)ccc3n2)C(=O)c2ccccc21. The van der Waals surface area contributed by atoms with E-state index in [0.29, 0.717) is 54.2 Å². The second-order valence-electron chi connectivity index (χ2n) is 10.6. The number of anilines is 1. The van der Waals surface area contributed by atoms with E-state index in [9.17, 15) is 19.2 Å². The molecular formula is C30H30N4O5. The number of hydrogen-bond donors (Lipinski definition) is 0. The zero-order valence-corrected chi connectivity index (χ0v) is 22.4. The second-order valence-corrected chi connectivity index (χ2v) is 10.6. The average molecular weight is 527 g/mol. The minimum absolute atomic E-state index is 0.113. The van der Waals surface area contributed by atoms with Gasteiger partial charge in [0.15, 0.2) is 0 Å². The molecular weight excluding hydrogens is 496 g/mol. The Labute approximate surface area is 226 Å². The summed E-state index contributed by atoms with van der Waals surface area (Å²) in [6, 6.07) is 15.9. The highest BCUT2D eigenvalue weighted by Crippen LogP contribution is 2.35. The van der Waals surface area contributed by atoms with Crippen molar-refractivity contribution in [3.8, 4) is 0 Å². The Balaban J connectivity index is 1.32. The van der Waals surface area contributed by atoms with Crippen LogP contribution in [0.15, 0.2) is 60.3 Å². The molecule has 3 heterocycles. The average Bonchev–Trinajstić information content (AvgIpc) is 3.18. The Bertz CT molecular complexity index is 1530. The van der Waals surface area contributed by atoms with Crippen LogP contribution in [0.25, 0.3) is 17.0 Å². The van der Waals surface area contributed by atoms with Crippen molar-refractivity contribution >= 4 is 46.4 Å². The predicted octanol–water partition coefficient (Wildman–Crippen LogP) is 4.52. The summed E-state index contributed by atoms with van der Waals surface area (Å²) < 4.78 is 5.43. The second kappa shape index (κ2) is 9.98. The minimum atomic E-state index is -0.566. The van der Waals surface area contributed by atoms with E-state index in [1.54, 1.807) is 64.4 Å². The Morgan fingerprint density at radius 2 is 1.62 bits per heavy atom. The van der Waals surface area contributed by atoms with Crippen LogP contribution in [0.4, 0.5) is 10.5 Å². The summed E-state index contributed by atoms with van der Waals surface area (Å²) in [5.74, 6) is -0.593. The van der Waals surface area contributed by atoms with Crippen LogP contribution in [0, 0.1) is 0 Å². The fraction of sp³-hybridized carbons (Fsp3) is 0.300. The van der Waals surface area contributed by atoms with E-state index in [0.717, 1.165) is 5.39 Å². The molecule has 0 spiro atoms. The molecule has 0 unspecified atom stereocenters. The zero-order chi connectivity index (χ0) is 27.9. The van der Waals surface area contributed by atoms with E-state index in [-0.39, 0.29) is 29.4 Å². The molecule has 0 atom stereocenters. The van der Waals surface area contributed by atoms with Crippen LogP contribution < -0.4 is 4.90 Å². The summed E-state index contributed by atoms with van der Waals surface area (Å²) in [5, 5.41) is 0.778. The number of benzene rings is 2. The summed E-state index contributed by atoms with van der Waals surface area (Å²) in [7, 11) is 0. The van der Waals surface area contributed by atoms with Gasteiger partial charge in [0.1, 0.15) is 5.60 Å². The first-order valence-corrected chi connectivity index (χ1v) is 12.9. The summed E-state index contributed by atoms with van der Waals surface area (Å²) in [6.07, 6.45) is 1.25. The smallest absolute Gasteiger partial charge is 0.410 e. The number of rotatable bonds is 2. The van der Waals surface area contributed by atoms with Gasteiger partial charge in [-0.2, -0.15) is 0 Å². The summed E-state index contributed by atoms with van der Waals surface area (Å²) in [4.78, 5) is 60.3. The summed E-state index contributed by atoms with van der Waals surface area (Å²) in [5.41, 5.74) is 2.46. The number of fused-ring (bicyclic) bond motifs is 2. The highest BCUT2D eigenvalue weighted by atomic mass is 16.6. The molecule has 39 heavy (non-hydrogen) atoms. The molecule has 1 saturated heterocycles. The van der Waals surface area contributed by atoms with Gasteiger partial charge in [-0.05, 0) is 63.2 Å². The maximum Gasteiger partial charge on any atom is 0.410 e. The molecule has 0 N–H and O–H groups in total. The van der Waals surface area contributed by atoms with E-state index < -0.39 is 5.60 Å². The number of hydrogen-bond acceptors (Lipinski definition) is 6. The first kappa shape index (κ1) is 26.1. The van der Waals surface area contributed by atoms with Crippen molar-refractivity contribution in [2.75, 3.05) is 31.1 Å². The molecule has 1 aromatic heterocycles. The Kier molecular flexibility index (Phi) is 6.68. The Morgan fingerprint density at radius 1 is 0.923 bits per heavy atom. The standard InChI is InChI=1S/C30H30N4O5/c1-19(35)34-25-8-6-5-7-23(25)27(36)26(34)18-22-11-9-20-17-21(10-12-24(20)31-22)28(37)32-13-15-33(16-14-32)29(38)39-30(2,3)4/h5-12,17-18H,13-16H2,1-4H3/b26-18-. The Morgan fingerprint density at radius 3 is 2.31 bits per heavy atom. The first-order chi connectivity index (χ1) is 18.5. The number of piperazine rings is 1. The maximum absolute atomic E-state index is 13.2. The molecule has 0 saturated carbocycles. The molecule has 2 aromatic carbocycles. The third-order valence-electron chi connectivity index (χ3n) is 6.64. The number of para-hydroxylation sites is 1. The van der Waals surface area contributed by atoms with Gasteiger partial charge in [0, 0.05) is 49.6 Å². The van der Waals surface area contributed by atoms with Crippen LogP contribution in [0.5, 0.6) is 0 Å². The number of ether oxygens (including phenoxy) is 1. The highest BCUT2D eigenvalue weighted by Gasteiger charge is 2.34. The minimum Gasteiger partial charge on any atom is -0.444 e. The number of ketones is 1. The number of Topliss-reactive ketones (excluding diaryl/α,β-unsaturated/α-hetero) is 1. The first-order valence-electron chi connectivity index (χ1n) is 12.9. The number of nitrogens with zero attached hydrogens (tertiary/aromatic N) is 4. The van der Waals surface area contributed by atoms with Crippen LogP contribution in [0.3, 0.4) is 0 Å². The fourth-order valence-electron chi connectivity index (χ4n) is 4.80. The van der Waals surface area contributed by atoms with Gasteiger partial charge in [-0.15, -0.1) is 0 Å². The molecule has 3 amide bonds. The van der Waals surface area contributed by atoms with Crippen molar-refractivity contribution in [3.63, 3.8) is 0 Å². The highest BCUT2D eigenvalue weighted by molar-refractivity contribution is 6.26. The van der Waals surface area contributed by atoms with Gasteiger partial charge < -0.3 is 14.5 Å². The maximum atomic E-state index is 13.2. The normalized spacial score (nSPS) is 16.6. The van der Waals surface area contributed by atoms with E-state index in [2.05, 4.69) is 4.98 Å². The summed E-state index contributed by atoms with van der Waals surface area (Å²) in [6.45, 7) is 8.57. The van der Waals surface area contributed by atoms with Crippen molar-refractivity contribution in [2.45, 2.75) is 33.3 Å². The molecule has 5 rings (SSSR count). The number of carbonyl (C=O) groups excluding carboxylic acids is 4. The van der Waals surface area contributed by atoms with Crippen molar-refractivity contribution in [2.24, 2.45) is 0 Å². The van der Waals surface area contributed by atoms with Gasteiger partial charge in [-0.25, -0.2) is 9.78 Å². The van der Waals surface area contributed by atoms with Crippen molar-refractivity contribution in [1.29, 1.82) is 0 Å². The molecule has 0 aliphatic carbocycles. The largest absolute Gasteiger partial charge is 0.444 e. The topological polar surface area (TPSA) is 100 Å². The molecule has 2 aliphatic rings. The fourth-order valence-corrected chi connectivity index (χ4v) is 4.80. The lowest BCUT2D eigenvalue weighted by molar-refractivity contribution is -0.116. The van der Waals surface area contributed by atoms with Crippen LogP contribution in [-0.4, -0.2) is 70.3 Å². The van der Waals surface area contributed by atoms with Gasteiger partial charge in [0.25, 0.3) is 5.91 Å². The van der Waals surface area contributed by atoms with Gasteiger partial charge in [0.2, 0.25) is 11.7 Å². The monoisotopic (exact) mass is 526 g/mol. The van der Waals surface area contributed by atoms with Crippen LogP contribution >= 0.6 is 0 Å². The van der Waals surface area contributed by atoms with E-state index in [1.165, 1.54) is 11.8 Å². The number of carbonyl (C=O) groups is 4. The van der Waals surface area contributed by atoms with Crippen LogP contribution in [-0.2, 0) is 9.53 Å². The molecule has 1 fully saturated rings. The van der Waals surface area contributed by atoms with Crippen molar-refractivity contribution in [3.05, 3.63) is 77.1 Å². The molecule has 200 valence electrons. The Hall–Kier alpha value is -4.53. The quantitative estimate of drug-likeness (QED) is 0.456. The lowest BCUT2D eigenvalue weighted by Gasteiger charge is -2.35. The molecule has 0 radical (unpaired) electrons. The molecule has 9 nitrogen and oxygen atoms in total. The van der Waals surface area contributed by atoms with E-state index >= 15 is 0 Å². The number of allylic oxidation sites excluding steroid dienone is 1. The van der Waals surface area contributed by atoms with E-state index in [1.807, 2.05) is 26.8 Å². The third kappa shape index (κ3) is 5.25. The molecule has 9 heteroatoms. The van der Waals surface area contributed by atoms with Crippen molar-refractivity contribution < 1.29 is 23.9 Å². The van der Waals surface area contributed by atoms with Gasteiger partial charge in [-0.3, -0.25) is 19.3 Å². The molecule has 0 bridgehead atoms. The van der Waals surface area contributed by atoms with Gasteiger partial charge in [-0.1, -0.05) is 18.2 Å². The van der Waals surface area contributed by atoms with Crippen LogP contribution in [0.1, 0.15) is 54.1 Å². The third-order valence-corrected chi connectivity index (χ3v) is 6.64. The number of pyridine rings is 1. The van der Waals surface area contributed by atoms with Crippen molar-refractivity contribution in [1.82, 2.24) is 14.8 Å². The zero-order valence-electron chi connectivity index (χ0n) is 22.4. The molecule has 2 aliphatic heterocycles. The number of aromatic nitrogens is 1. The van der Waals surface area contributed by atoms with E-state index in [4.69, 9.17) is 4.74 Å².